The van der Waals surface area contributed by atoms with Crippen LogP contribution in [0.25, 0.3) is 0 Å². The van der Waals surface area contributed by atoms with Crippen LogP contribution in [-0.4, -0.2) is 31.2 Å². The van der Waals surface area contributed by atoms with E-state index in [-0.39, 0.29) is 23.7 Å². The van der Waals surface area contributed by atoms with Crippen molar-refractivity contribution in [3.8, 4) is 6.07 Å². The fourth-order valence-electron chi connectivity index (χ4n) is 1.88. The molecule has 1 aromatic rings. The minimum absolute atomic E-state index is 0.101. The molecule has 1 aliphatic heterocycles. The number of anilines is 1. The molecule has 1 saturated heterocycles. The minimum atomic E-state index is -0.518. The van der Waals surface area contributed by atoms with Crippen LogP contribution in [0.15, 0.2) is 12.1 Å². The minimum Gasteiger partial charge on any atom is -0.363 e. The quantitative estimate of drug-likeness (QED) is 0.870. The molecule has 0 radical (unpaired) electrons. The SMILES string of the molecule is Cc1c(F)cc(C#N)cc1NC(=O)COC1(C)CNC1. The highest BCUT2D eigenvalue weighted by Crippen LogP contribution is 2.21. The van der Waals surface area contributed by atoms with E-state index >= 15 is 0 Å². The lowest BCUT2D eigenvalue weighted by Crippen LogP contribution is -2.59. The summed E-state index contributed by atoms with van der Waals surface area (Å²) < 4.78 is 19.1. The Morgan fingerprint density at radius 1 is 1.60 bits per heavy atom. The van der Waals surface area contributed by atoms with Gasteiger partial charge in [-0.05, 0) is 26.0 Å². The van der Waals surface area contributed by atoms with Crippen molar-refractivity contribution in [2.24, 2.45) is 0 Å². The third-order valence-corrected chi connectivity index (χ3v) is 3.30. The van der Waals surface area contributed by atoms with E-state index in [1.54, 1.807) is 6.92 Å². The van der Waals surface area contributed by atoms with Gasteiger partial charge in [0, 0.05) is 24.3 Å². The Morgan fingerprint density at radius 3 is 2.85 bits per heavy atom. The average Bonchev–Trinajstić information content (AvgIpc) is 2.39. The number of rotatable bonds is 4. The van der Waals surface area contributed by atoms with Crippen LogP contribution >= 0.6 is 0 Å². The normalized spacial score (nSPS) is 16.1. The standard InChI is InChI=1S/C14H16FN3O2/c1-9-11(15)3-10(5-16)4-12(9)18-13(19)6-20-14(2)7-17-8-14/h3-4,17H,6-8H2,1-2H3,(H,18,19). The molecule has 6 heteroatoms. The Balaban J connectivity index is 2.00. The van der Waals surface area contributed by atoms with Gasteiger partial charge >= 0.3 is 0 Å². The third kappa shape index (κ3) is 3.13. The van der Waals surface area contributed by atoms with E-state index in [2.05, 4.69) is 10.6 Å². The van der Waals surface area contributed by atoms with Crippen LogP contribution in [0.1, 0.15) is 18.1 Å². The molecule has 0 unspecified atom stereocenters. The maximum Gasteiger partial charge on any atom is 0.250 e. The van der Waals surface area contributed by atoms with Gasteiger partial charge in [-0.2, -0.15) is 5.26 Å². The first-order valence-electron chi connectivity index (χ1n) is 6.28. The van der Waals surface area contributed by atoms with Crippen molar-refractivity contribution < 1.29 is 13.9 Å². The first-order chi connectivity index (χ1) is 9.43. The molecule has 2 N–H and O–H groups in total. The molecule has 1 amide bonds. The van der Waals surface area contributed by atoms with Gasteiger partial charge in [0.25, 0.3) is 0 Å². The molecule has 2 rings (SSSR count). The Bertz CT molecular complexity index is 577. The molecule has 0 aliphatic carbocycles. The Hall–Kier alpha value is -1.97. The van der Waals surface area contributed by atoms with Crippen LogP contribution in [0.5, 0.6) is 0 Å². The lowest BCUT2D eigenvalue weighted by molar-refractivity contribution is -0.130. The van der Waals surface area contributed by atoms with E-state index in [9.17, 15) is 9.18 Å². The molecule has 1 aliphatic rings. The number of nitrogens with one attached hydrogen (secondary N) is 2. The second-order valence-electron chi connectivity index (χ2n) is 5.13. The maximum absolute atomic E-state index is 13.6. The summed E-state index contributed by atoms with van der Waals surface area (Å²) in [6.07, 6.45) is 0. The van der Waals surface area contributed by atoms with Gasteiger partial charge < -0.3 is 15.4 Å². The summed E-state index contributed by atoms with van der Waals surface area (Å²) >= 11 is 0. The van der Waals surface area contributed by atoms with Gasteiger partial charge in [-0.1, -0.05) is 0 Å². The summed E-state index contributed by atoms with van der Waals surface area (Å²) in [5, 5.41) is 14.4. The van der Waals surface area contributed by atoms with Crippen LogP contribution in [0, 0.1) is 24.1 Å². The summed E-state index contributed by atoms with van der Waals surface area (Å²) in [5.41, 5.74) is 0.451. The number of benzene rings is 1. The Kier molecular flexibility index (Phi) is 4.02. The van der Waals surface area contributed by atoms with Crippen LogP contribution in [-0.2, 0) is 9.53 Å². The van der Waals surface area contributed by atoms with Crippen molar-refractivity contribution in [3.63, 3.8) is 0 Å². The van der Waals surface area contributed by atoms with E-state index in [1.807, 2.05) is 13.0 Å². The fourth-order valence-corrected chi connectivity index (χ4v) is 1.88. The summed E-state index contributed by atoms with van der Waals surface area (Å²) in [6.45, 7) is 4.77. The average molecular weight is 277 g/mol. The summed E-state index contributed by atoms with van der Waals surface area (Å²) in [4.78, 5) is 11.8. The van der Waals surface area contributed by atoms with Crippen molar-refractivity contribution in [2.45, 2.75) is 19.4 Å². The van der Waals surface area contributed by atoms with Crippen molar-refractivity contribution in [3.05, 3.63) is 29.1 Å². The van der Waals surface area contributed by atoms with E-state index in [0.717, 1.165) is 6.07 Å². The van der Waals surface area contributed by atoms with E-state index < -0.39 is 5.82 Å². The van der Waals surface area contributed by atoms with Gasteiger partial charge in [0.15, 0.2) is 0 Å². The zero-order valence-electron chi connectivity index (χ0n) is 11.4. The molecule has 0 saturated carbocycles. The molecule has 1 heterocycles. The van der Waals surface area contributed by atoms with Crippen molar-refractivity contribution >= 4 is 11.6 Å². The highest BCUT2D eigenvalue weighted by atomic mass is 19.1. The predicted octanol–water partition coefficient (Wildman–Crippen LogP) is 1.32. The lowest BCUT2D eigenvalue weighted by Gasteiger charge is -2.38. The summed E-state index contributed by atoms with van der Waals surface area (Å²) in [5.74, 6) is -0.883. The molecule has 0 spiro atoms. The smallest absolute Gasteiger partial charge is 0.250 e. The maximum atomic E-state index is 13.6. The highest BCUT2D eigenvalue weighted by Gasteiger charge is 2.33. The van der Waals surface area contributed by atoms with Gasteiger partial charge in [-0.25, -0.2) is 4.39 Å². The lowest BCUT2D eigenvalue weighted by atomic mass is 10.0. The van der Waals surface area contributed by atoms with E-state index in [1.165, 1.54) is 6.07 Å². The van der Waals surface area contributed by atoms with Crippen LogP contribution in [0.4, 0.5) is 10.1 Å². The third-order valence-electron chi connectivity index (χ3n) is 3.30. The molecule has 1 aromatic carbocycles. The molecule has 0 atom stereocenters. The summed E-state index contributed by atoms with van der Waals surface area (Å²) in [6, 6.07) is 4.44. The van der Waals surface area contributed by atoms with Gasteiger partial charge in [0.1, 0.15) is 12.4 Å². The molecule has 1 fully saturated rings. The number of hydrogen-bond donors (Lipinski definition) is 2. The van der Waals surface area contributed by atoms with Gasteiger partial charge in [-0.15, -0.1) is 0 Å². The van der Waals surface area contributed by atoms with Crippen LogP contribution < -0.4 is 10.6 Å². The summed E-state index contributed by atoms with van der Waals surface area (Å²) in [7, 11) is 0. The zero-order valence-corrected chi connectivity index (χ0v) is 11.4. The van der Waals surface area contributed by atoms with E-state index in [0.29, 0.717) is 24.3 Å². The fraction of sp³-hybridized carbons (Fsp3) is 0.429. The van der Waals surface area contributed by atoms with Crippen molar-refractivity contribution in [2.75, 3.05) is 25.0 Å². The van der Waals surface area contributed by atoms with Gasteiger partial charge in [0.2, 0.25) is 5.91 Å². The number of carbonyl (C=O) groups is 1. The van der Waals surface area contributed by atoms with Gasteiger partial charge in [0.05, 0.1) is 17.2 Å². The van der Waals surface area contributed by atoms with Crippen molar-refractivity contribution in [1.29, 1.82) is 5.26 Å². The Morgan fingerprint density at radius 2 is 2.30 bits per heavy atom. The molecule has 5 nitrogen and oxygen atoms in total. The topological polar surface area (TPSA) is 74.2 Å². The number of carbonyl (C=O) groups excluding carboxylic acids is 1. The highest BCUT2D eigenvalue weighted by molar-refractivity contribution is 5.92. The second kappa shape index (κ2) is 5.57. The molecule has 0 aromatic heterocycles. The molecular weight excluding hydrogens is 261 g/mol. The number of ether oxygens (including phenoxy) is 1. The number of amides is 1. The van der Waals surface area contributed by atoms with Crippen LogP contribution in [0.3, 0.4) is 0 Å². The van der Waals surface area contributed by atoms with Crippen molar-refractivity contribution in [1.82, 2.24) is 5.32 Å². The first kappa shape index (κ1) is 14.4. The number of hydrogen-bond acceptors (Lipinski definition) is 4. The van der Waals surface area contributed by atoms with Crippen LogP contribution in [0.2, 0.25) is 0 Å². The monoisotopic (exact) mass is 277 g/mol. The largest absolute Gasteiger partial charge is 0.363 e. The number of nitrogens with zero attached hydrogens (tertiary/aromatic N) is 1. The van der Waals surface area contributed by atoms with E-state index in [4.69, 9.17) is 10.00 Å². The molecule has 0 bridgehead atoms. The molecule has 106 valence electrons. The zero-order chi connectivity index (χ0) is 14.8. The molecule has 20 heavy (non-hydrogen) atoms. The Labute approximate surface area is 116 Å². The van der Waals surface area contributed by atoms with Gasteiger partial charge in [-0.3, -0.25) is 4.79 Å². The second-order valence-corrected chi connectivity index (χ2v) is 5.13. The predicted molar refractivity (Wildman–Crippen MR) is 71.7 cm³/mol. The number of halogens is 1. The molecular formula is C14H16FN3O2. The number of nitriles is 1. The first-order valence-corrected chi connectivity index (χ1v) is 6.28.